The van der Waals surface area contributed by atoms with Gasteiger partial charge in [-0.25, -0.2) is 0 Å². The minimum absolute atomic E-state index is 1.78. The van der Waals surface area contributed by atoms with E-state index in [2.05, 4.69) is 0 Å². The fourth-order valence-electron chi connectivity index (χ4n) is 0.524. The van der Waals surface area contributed by atoms with Gasteiger partial charge in [-0.3, -0.25) is 0 Å². The first-order valence-corrected chi connectivity index (χ1v) is 5.01. The second-order valence-corrected chi connectivity index (χ2v) is 5.63. The van der Waals surface area contributed by atoms with E-state index in [-0.39, 0.29) is 0 Å². The Morgan fingerprint density at radius 1 is 0.625 bits per heavy atom. The van der Waals surface area contributed by atoms with E-state index in [0.717, 1.165) is 0 Å². The van der Waals surface area contributed by atoms with Crippen LogP contribution in [0.2, 0.25) is 0 Å². The summed E-state index contributed by atoms with van der Waals surface area (Å²) in [6.07, 6.45) is -6.78. The summed E-state index contributed by atoms with van der Waals surface area (Å²) in [7, 11) is 0. The fourth-order valence-corrected chi connectivity index (χ4v) is 1.10. The van der Waals surface area contributed by atoms with E-state index >= 15 is 0 Å². The number of halogens is 11. The molecule has 0 saturated heterocycles. The molecule has 0 nitrogen and oxygen atoms in total. The van der Waals surface area contributed by atoms with Crippen LogP contribution in [-0.4, -0.2) is 27.7 Å². The molecule has 0 saturated carbocycles. The maximum absolute atomic E-state index is 12.5. The van der Waals surface area contributed by atoms with Gasteiger partial charge in [0, 0.05) is 0 Å². The maximum atomic E-state index is 12.5. The van der Waals surface area contributed by atoms with Gasteiger partial charge in [0.25, 0.3) is 0 Å². The van der Waals surface area contributed by atoms with E-state index in [1.807, 2.05) is 0 Å². The smallest absolute Gasteiger partial charge is 0.197 e. The van der Waals surface area contributed by atoms with Crippen LogP contribution < -0.4 is 0 Å². The number of alkyl halides is 11. The molecular weight excluding hydrogens is 391 g/mol. The molecule has 0 atom stereocenters. The van der Waals surface area contributed by atoms with E-state index in [0.29, 0.717) is 0 Å². The Balaban J connectivity index is 5.53. The average Bonchev–Trinajstić information content (AvgIpc) is 2.00. The van der Waals surface area contributed by atoms with Gasteiger partial charge in [-0.05, 0) is 0 Å². The van der Waals surface area contributed by atoms with Crippen molar-refractivity contribution in [3.05, 3.63) is 0 Å². The van der Waals surface area contributed by atoms with E-state index < -0.39 is 27.7 Å². The predicted molar refractivity (Wildman–Crippen MR) is 42.5 cm³/mol. The Hall–Kier alpha value is 0.330. The molecule has 0 heterocycles. The molecule has 98 valence electrons. The van der Waals surface area contributed by atoms with E-state index in [9.17, 15) is 39.5 Å². The lowest BCUT2D eigenvalue weighted by molar-refractivity contribution is -0.393. The van der Waals surface area contributed by atoms with Crippen LogP contribution in [0.5, 0.6) is 0 Å². The molecule has 0 bridgehead atoms. The molecule has 0 aliphatic carbocycles. The molecule has 0 aromatic carbocycles. The van der Waals surface area contributed by atoms with Crippen LogP contribution in [0.3, 0.4) is 0 Å². The Labute approximate surface area is 99.4 Å². The molecule has 0 unspecified atom stereocenters. The summed E-state index contributed by atoms with van der Waals surface area (Å²) in [5, 5.41) is 0. The van der Waals surface area contributed by atoms with Crippen LogP contribution in [0.25, 0.3) is 0 Å². The Morgan fingerprint density at radius 3 is 1.12 bits per heavy atom. The largest absolute Gasteiger partial charge is 0.460 e. The monoisotopic (exact) mass is 390 g/mol. The van der Waals surface area contributed by atoms with Crippen molar-refractivity contribution in [3.8, 4) is 0 Å². The molecule has 0 aromatic rings. The summed E-state index contributed by atoms with van der Waals surface area (Å²) in [5.41, 5.74) is 0. The molecule has 0 fully saturated rings. The first-order valence-electron chi connectivity index (χ1n) is 3.18. The topological polar surface area (TPSA) is 0 Å². The summed E-state index contributed by atoms with van der Waals surface area (Å²) < 4.78 is 106. The van der Waals surface area contributed by atoms with Crippen molar-refractivity contribution in [2.75, 3.05) is 0 Å². The van der Waals surface area contributed by atoms with Crippen molar-refractivity contribution in [2.45, 2.75) is 27.7 Å². The van der Waals surface area contributed by atoms with Crippen molar-refractivity contribution in [1.29, 1.82) is 0 Å². The normalized spacial score (nSPS) is 15.8. The van der Waals surface area contributed by atoms with Gasteiger partial charge < -0.3 is 0 Å². The number of hydrogen-bond donors (Lipinski definition) is 0. The van der Waals surface area contributed by atoms with Gasteiger partial charge in [0.15, 0.2) is 0 Å². The first kappa shape index (κ1) is 16.3. The van der Waals surface area contributed by atoms with Crippen LogP contribution in [-0.2, 0) is 0 Å². The van der Waals surface area contributed by atoms with Crippen LogP contribution in [0.1, 0.15) is 0 Å². The fraction of sp³-hybridized carbons (Fsp3) is 1.00. The lowest BCUT2D eigenvalue weighted by Gasteiger charge is -2.34. The van der Waals surface area contributed by atoms with Gasteiger partial charge in [0.2, 0.25) is 0 Å². The molecular formula is C5HBr2F9. The second-order valence-electron chi connectivity index (χ2n) is 2.57. The summed E-state index contributed by atoms with van der Waals surface area (Å²) in [6.45, 7) is 0. The van der Waals surface area contributed by atoms with Crippen molar-refractivity contribution < 1.29 is 39.5 Å². The standard InChI is InChI=1S/C5HBr2F9/c6-1(7)2(8,9)3(10,11)4(12,13)5(14,15)16/h1H. The highest BCUT2D eigenvalue weighted by Gasteiger charge is 2.82. The molecule has 0 amide bonds. The van der Waals surface area contributed by atoms with Crippen molar-refractivity contribution in [2.24, 2.45) is 0 Å². The quantitative estimate of drug-likeness (QED) is 0.488. The van der Waals surface area contributed by atoms with Crippen LogP contribution in [0, 0.1) is 0 Å². The Bertz CT molecular complexity index is 255. The molecule has 0 aliphatic heterocycles. The third kappa shape index (κ3) is 2.29. The highest BCUT2D eigenvalue weighted by Crippen LogP contribution is 2.55. The second kappa shape index (κ2) is 4.21. The van der Waals surface area contributed by atoms with Crippen LogP contribution in [0.4, 0.5) is 39.5 Å². The highest BCUT2D eigenvalue weighted by molar-refractivity contribution is 9.24. The zero-order valence-corrected chi connectivity index (χ0v) is 9.91. The average molecular weight is 392 g/mol. The summed E-state index contributed by atoms with van der Waals surface area (Å²) in [6, 6.07) is 0. The number of hydrogen-bond acceptors (Lipinski definition) is 0. The maximum Gasteiger partial charge on any atom is 0.460 e. The van der Waals surface area contributed by atoms with E-state index in [1.54, 1.807) is 31.9 Å². The zero-order valence-electron chi connectivity index (χ0n) is 6.73. The molecule has 0 rings (SSSR count). The first-order chi connectivity index (χ1) is 6.69. The SMILES string of the molecule is FC(F)(F)C(F)(F)C(F)(F)C(F)(F)C(Br)Br. The van der Waals surface area contributed by atoms with Crippen LogP contribution >= 0.6 is 31.9 Å². The lowest BCUT2D eigenvalue weighted by Crippen LogP contribution is -2.62. The van der Waals surface area contributed by atoms with Crippen molar-refractivity contribution in [1.82, 2.24) is 0 Å². The highest BCUT2D eigenvalue weighted by atomic mass is 79.9. The predicted octanol–water partition coefficient (Wildman–Crippen LogP) is 4.57. The van der Waals surface area contributed by atoms with Gasteiger partial charge in [-0.2, -0.15) is 39.5 Å². The molecule has 0 N–H and O–H groups in total. The number of rotatable bonds is 3. The van der Waals surface area contributed by atoms with Crippen LogP contribution in [0.15, 0.2) is 0 Å². The van der Waals surface area contributed by atoms with Gasteiger partial charge >= 0.3 is 23.9 Å². The molecule has 11 heteroatoms. The summed E-state index contributed by atoms with van der Waals surface area (Å²) in [4.78, 5) is 0. The molecule has 0 radical (unpaired) electrons. The van der Waals surface area contributed by atoms with Gasteiger partial charge in [-0.15, -0.1) is 0 Å². The lowest BCUT2D eigenvalue weighted by atomic mass is 10.1. The third-order valence-corrected chi connectivity index (χ3v) is 2.59. The van der Waals surface area contributed by atoms with Gasteiger partial charge in [0.1, 0.15) is 3.74 Å². The molecule has 0 spiro atoms. The Kier molecular flexibility index (Phi) is 4.30. The van der Waals surface area contributed by atoms with Gasteiger partial charge in [-0.1, -0.05) is 31.9 Å². The zero-order chi connectivity index (χ0) is 13.6. The van der Waals surface area contributed by atoms with Gasteiger partial charge in [0.05, 0.1) is 0 Å². The molecule has 16 heavy (non-hydrogen) atoms. The summed E-state index contributed by atoms with van der Waals surface area (Å²) in [5.74, 6) is -19.1. The Morgan fingerprint density at radius 2 is 0.938 bits per heavy atom. The van der Waals surface area contributed by atoms with E-state index in [1.165, 1.54) is 0 Å². The minimum Gasteiger partial charge on any atom is -0.197 e. The van der Waals surface area contributed by atoms with Crippen molar-refractivity contribution in [3.63, 3.8) is 0 Å². The van der Waals surface area contributed by atoms with E-state index in [4.69, 9.17) is 0 Å². The molecule has 0 aliphatic rings. The van der Waals surface area contributed by atoms with Crippen molar-refractivity contribution >= 4 is 31.9 Å². The molecule has 0 aromatic heterocycles. The summed E-state index contributed by atoms with van der Waals surface area (Å²) >= 11 is 3.55. The minimum atomic E-state index is -6.84. The third-order valence-electron chi connectivity index (χ3n) is 1.44.